The highest BCUT2D eigenvalue weighted by Crippen LogP contribution is 2.43. The van der Waals surface area contributed by atoms with Crippen molar-refractivity contribution in [3.8, 4) is 11.5 Å². The number of anilines is 1. The monoisotopic (exact) mass is 463 g/mol. The number of nitrogens with one attached hydrogen (secondary N) is 1. The zero-order chi connectivity index (χ0) is 21.0. The van der Waals surface area contributed by atoms with Crippen LogP contribution in [0.25, 0.3) is 0 Å². The summed E-state index contributed by atoms with van der Waals surface area (Å²) >= 11 is 3.47. The van der Waals surface area contributed by atoms with E-state index in [4.69, 9.17) is 18.9 Å². The number of esters is 1. The molecule has 0 aliphatic carbocycles. The molecule has 1 heterocycles. The van der Waals surface area contributed by atoms with Crippen molar-refractivity contribution in [3.63, 3.8) is 0 Å². The molecule has 0 saturated heterocycles. The average Bonchev–Trinajstić information content (AvgIpc) is 2.84. The molecule has 29 heavy (non-hydrogen) atoms. The van der Waals surface area contributed by atoms with Gasteiger partial charge in [-0.25, -0.2) is 0 Å². The number of rotatable bonds is 6. The second-order valence-corrected chi connectivity index (χ2v) is 7.23. The fourth-order valence-corrected chi connectivity index (χ4v) is 3.63. The molecule has 154 valence electrons. The van der Waals surface area contributed by atoms with Crippen LogP contribution >= 0.6 is 15.9 Å². The van der Waals surface area contributed by atoms with Gasteiger partial charge in [0.2, 0.25) is 0 Å². The van der Waals surface area contributed by atoms with Gasteiger partial charge in [0.15, 0.2) is 11.5 Å². The Bertz CT molecular complexity index is 916. The Morgan fingerprint density at radius 1 is 1.17 bits per heavy atom. The first-order valence-corrected chi connectivity index (χ1v) is 9.90. The lowest BCUT2D eigenvalue weighted by Crippen LogP contribution is -2.32. The molecule has 1 amide bonds. The maximum absolute atomic E-state index is 12.7. The summed E-state index contributed by atoms with van der Waals surface area (Å²) < 4.78 is 23.0. The third-order valence-electron chi connectivity index (χ3n) is 4.52. The van der Waals surface area contributed by atoms with E-state index in [0.717, 1.165) is 10.0 Å². The lowest BCUT2D eigenvalue weighted by molar-refractivity contribution is -0.150. The third kappa shape index (κ3) is 4.54. The Morgan fingerprint density at radius 3 is 2.66 bits per heavy atom. The van der Waals surface area contributed by atoms with Gasteiger partial charge in [0, 0.05) is 21.3 Å². The second kappa shape index (κ2) is 9.28. The van der Waals surface area contributed by atoms with Crippen molar-refractivity contribution >= 4 is 33.5 Å². The normalized spacial score (nSPS) is 18.3. The number of amides is 1. The Balaban J connectivity index is 2.10. The fourth-order valence-electron chi connectivity index (χ4n) is 3.25. The number of ether oxygens (including phenoxy) is 4. The smallest absolute Gasteiger partial charge is 0.308 e. The van der Waals surface area contributed by atoms with E-state index >= 15 is 0 Å². The topological polar surface area (TPSA) is 83.1 Å². The Morgan fingerprint density at radius 2 is 1.97 bits per heavy atom. The van der Waals surface area contributed by atoms with E-state index in [0.29, 0.717) is 22.7 Å². The number of hydrogen-bond donors (Lipinski definition) is 1. The van der Waals surface area contributed by atoms with E-state index in [-0.39, 0.29) is 13.0 Å². The van der Waals surface area contributed by atoms with Gasteiger partial charge in [-0.05, 0) is 31.2 Å². The summed E-state index contributed by atoms with van der Waals surface area (Å²) in [5.74, 6) is 0.118. The van der Waals surface area contributed by atoms with E-state index in [1.165, 1.54) is 0 Å². The number of halogens is 1. The molecule has 1 N–H and O–H groups in total. The summed E-state index contributed by atoms with van der Waals surface area (Å²) in [6.07, 6.45) is -1.90. The van der Waals surface area contributed by atoms with Crippen molar-refractivity contribution in [1.29, 1.82) is 0 Å². The quantitative estimate of drug-likeness (QED) is 0.655. The van der Waals surface area contributed by atoms with Gasteiger partial charge >= 0.3 is 5.97 Å². The molecule has 0 spiro atoms. The van der Waals surface area contributed by atoms with E-state index < -0.39 is 24.1 Å². The number of hydrogen-bond acceptors (Lipinski definition) is 6. The summed E-state index contributed by atoms with van der Waals surface area (Å²) in [4.78, 5) is 24.8. The molecular weight excluding hydrogens is 442 g/mol. The zero-order valence-corrected chi connectivity index (χ0v) is 17.9. The van der Waals surface area contributed by atoms with Gasteiger partial charge < -0.3 is 24.3 Å². The first-order valence-electron chi connectivity index (χ1n) is 9.10. The molecule has 0 aromatic heterocycles. The molecule has 2 aromatic rings. The van der Waals surface area contributed by atoms with Gasteiger partial charge in [-0.1, -0.05) is 28.1 Å². The lowest BCUT2D eigenvalue weighted by atomic mass is 9.98. The van der Waals surface area contributed by atoms with Gasteiger partial charge in [0.25, 0.3) is 5.91 Å². The van der Waals surface area contributed by atoms with Crippen molar-refractivity contribution in [2.24, 2.45) is 0 Å². The predicted molar refractivity (Wildman–Crippen MR) is 110 cm³/mol. The molecule has 7 nitrogen and oxygen atoms in total. The maximum atomic E-state index is 12.7. The largest absolute Gasteiger partial charge is 0.493 e. The summed E-state index contributed by atoms with van der Waals surface area (Å²) in [7, 11) is 3.09. The van der Waals surface area contributed by atoms with Crippen molar-refractivity contribution in [3.05, 3.63) is 52.0 Å². The van der Waals surface area contributed by atoms with Crippen molar-refractivity contribution in [1.82, 2.24) is 0 Å². The zero-order valence-electron chi connectivity index (χ0n) is 16.4. The highest BCUT2D eigenvalue weighted by atomic mass is 79.9. The van der Waals surface area contributed by atoms with E-state index in [2.05, 4.69) is 21.2 Å². The number of methoxy groups -OCH3 is 2. The number of carbonyl (C=O) groups is 2. The van der Waals surface area contributed by atoms with Crippen LogP contribution in [0.15, 0.2) is 40.9 Å². The molecule has 3 rings (SSSR count). The first-order chi connectivity index (χ1) is 14.0. The van der Waals surface area contributed by atoms with Crippen LogP contribution in [0, 0.1) is 0 Å². The highest BCUT2D eigenvalue weighted by Gasteiger charge is 2.35. The van der Waals surface area contributed by atoms with Gasteiger partial charge in [-0.2, -0.15) is 0 Å². The molecule has 0 radical (unpaired) electrons. The van der Waals surface area contributed by atoms with Crippen LogP contribution in [0.1, 0.15) is 30.6 Å². The minimum absolute atomic E-state index is 0.197. The number of benzene rings is 2. The van der Waals surface area contributed by atoms with Crippen LogP contribution in [-0.2, 0) is 19.1 Å². The van der Waals surface area contributed by atoms with E-state index in [1.54, 1.807) is 33.3 Å². The average molecular weight is 464 g/mol. The number of carbonyl (C=O) groups excluding carboxylic acids is 2. The SMILES string of the molecule is CCOC(=O)C[C@H]1O[C@H](c2cccc(OC)c2OC)c2cc(Br)ccc2NC1=O. The molecule has 1 aliphatic heterocycles. The molecule has 0 saturated carbocycles. The van der Waals surface area contributed by atoms with Crippen LogP contribution < -0.4 is 14.8 Å². The molecule has 0 fully saturated rings. The van der Waals surface area contributed by atoms with Crippen LogP contribution in [0.3, 0.4) is 0 Å². The number of para-hydroxylation sites is 1. The van der Waals surface area contributed by atoms with Crippen LogP contribution in [0.5, 0.6) is 11.5 Å². The molecule has 0 unspecified atom stereocenters. The predicted octanol–water partition coefficient (Wildman–Crippen LogP) is 3.85. The summed E-state index contributed by atoms with van der Waals surface area (Å²) in [5, 5.41) is 2.85. The van der Waals surface area contributed by atoms with Crippen LogP contribution in [0.2, 0.25) is 0 Å². The van der Waals surface area contributed by atoms with Crippen LogP contribution in [-0.4, -0.2) is 38.8 Å². The second-order valence-electron chi connectivity index (χ2n) is 6.32. The molecule has 2 atom stereocenters. The van der Waals surface area contributed by atoms with Crippen molar-refractivity contribution < 1.29 is 28.5 Å². The maximum Gasteiger partial charge on any atom is 0.308 e. The molecular formula is C21H22BrNO6. The third-order valence-corrected chi connectivity index (χ3v) is 5.01. The summed E-state index contributed by atoms with van der Waals surface area (Å²) in [5.41, 5.74) is 2.00. The van der Waals surface area contributed by atoms with Crippen molar-refractivity contribution in [2.75, 3.05) is 26.1 Å². The van der Waals surface area contributed by atoms with Gasteiger partial charge in [-0.15, -0.1) is 0 Å². The summed E-state index contributed by atoms with van der Waals surface area (Å²) in [6, 6.07) is 10.9. The lowest BCUT2D eigenvalue weighted by Gasteiger charge is -2.24. The molecule has 0 bridgehead atoms. The van der Waals surface area contributed by atoms with Crippen LogP contribution in [0.4, 0.5) is 5.69 Å². The van der Waals surface area contributed by atoms with E-state index in [9.17, 15) is 9.59 Å². The van der Waals surface area contributed by atoms with Gasteiger partial charge in [0.1, 0.15) is 12.2 Å². The highest BCUT2D eigenvalue weighted by molar-refractivity contribution is 9.10. The molecule has 8 heteroatoms. The van der Waals surface area contributed by atoms with Gasteiger partial charge in [0.05, 0.1) is 27.2 Å². The Labute approximate surface area is 177 Å². The minimum atomic E-state index is -1.03. The summed E-state index contributed by atoms with van der Waals surface area (Å²) in [6.45, 7) is 1.94. The van der Waals surface area contributed by atoms with Gasteiger partial charge in [-0.3, -0.25) is 9.59 Å². The fraction of sp³-hybridized carbons (Fsp3) is 0.333. The Kier molecular flexibility index (Phi) is 6.76. The molecule has 2 aromatic carbocycles. The first kappa shape index (κ1) is 21.1. The van der Waals surface area contributed by atoms with E-state index in [1.807, 2.05) is 24.3 Å². The standard InChI is InChI=1S/C21H22BrNO6/c1-4-28-18(24)11-17-21(25)23-15-9-8-12(22)10-14(15)19(29-17)13-6-5-7-16(26-2)20(13)27-3/h5-10,17,19H,4,11H2,1-3H3,(H,23,25)/t17-,19-/m1/s1. The Hall–Kier alpha value is -2.58. The van der Waals surface area contributed by atoms with Crippen molar-refractivity contribution in [2.45, 2.75) is 25.6 Å². The minimum Gasteiger partial charge on any atom is -0.493 e. The number of fused-ring (bicyclic) bond motifs is 1. The molecule has 1 aliphatic rings.